The van der Waals surface area contributed by atoms with Gasteiger partial charge in [-0.05, 0) is 73.4 Å². The summed E-state index contributed by atoms with van der Waals surface area (Å²) in [5.74, 6) is -0.807. The standard InChI is InChI=1S/C27H21Cl2N3O2S/c1-16-7-6-10-23(17(16)2)31-25(33)21(15-30)27-32(20-8-4-3-5-9-20)26(34)24(35-27)14-18-13-19(28)11-12-22(18)29/h3-13,24H,14H2,1-2H3,(H,31,33)/b27-21+/t24-/m0/s1. The van der Waals surface area contributed by atoms with Crippen LogP contribution in [0.3, 0.4) is 0 Å². The number of hydrogen-bond acceptors (Lipinski definition) is 4. The van der Waals surface area contributed by atoms with Crippen molar-refractivity contribution in [2.75, 3.05) is 10.2 Å². The summed E-state index contributed by atoms with van der Waals surface area (Å²) in [6.45, 7) is 3.85. The number of halogens is 2. The zero-order valence-corrected chi connectivity index (χ0v) is 21.3. The van der Waals surface area contributed by atoms with Crippen LogP contribution in [0.15, 0.2) is 77.3 Å². The second kappa shape index (κ2) is 10.6. The monoisotopic (exact) mass is 521 g/mol. The van der Waals surface area contributed by atoms with E-state index < -0.39 is 11.2 Å². The molecule has 0 bridgehead atoms. The van der Waals surface area contributed by atoms with Crippen LogP contribution in [0.5, 0.6) is 0 Å². The van der Waals surface area contributed by atoms with Crippen molar-refractivity contribution in [3.05, 3.63) is 104 Å². The van der Waals surface area contributed by atoms with Crippen molar-refractivity contribution in [3.63, 3.8) is 0 Å². The van der Waals surface area contributed by atoms with Crippen LogP contribution >= 0.6 is 35.0 Å². The number of rotatable bonds is 5. The van der Waals surface area contributed by atoms with Gasteiger partial charge < -0.3 is 5.32 Å². The van der Waals surface area contributed by atoms with Crippen LogP contribution < -0.4 is 10.2 Å². The number of aryl methyl sites for hydroxylation is 1. The number of hydrogen-bond donors (Lipinski definition) is 1. The number of para-hydroxylation sites is 1. The maximum Gasteiger partial charge on any atom is 0.269 e. The van der Waals surface area contributed by atoms with Crippen LogP contribution in [0.25, 0.3) is 0 Å². The van der Waals surface area contributed by atoms with E-state index >= 15 is 0 Å². The molecule has 5 nitrogen and oxygen atoms in total. The van der Waals surface area contributed by atoms with Gasteiger partial charge in [-0.25, -0.2) is 0 Å². The Morgan fingerprint density at radius 2 is 1.83 bits per heavy atom. The molecule has 0 radical (unpaired) electrons. The lowest BCUT2D eigenvalue weighted by atomic mass is 10.1. The van der Waals surface area contributed by atoms with Crippen molar-refractivity contribution in [3.8, 4) is 6.07 Å². The molecule has 1 saturated heterocycles. The van der Waals surface area contributed by atoms with Gasteiger partial charge in [0.2, 0.25) is 5.91 Å². The number of anilines is 2. The number of carbonyl (C=O) groups excluding carboxylic acids is 2. The molecule has 0 aromatic heterocycles. The fourth-order valence-corrected chi connectivity index (χ4v) is 5.45. The van der Waals surface area contributed by atoms with Gasteiger partial charge in [0.1, 0.15) is 16.7 Å². The SMILES string of the molecule is Cc1cccc(NC(=O)/C(C#N)=C2/S[C@@H](Cc3cc(Cl)ccc3Cl)C(=O)N2c2ccccc2)c1C. The van der Waals surface area contributed by atoms with Crippen molar-refractivity contribution in [1.82, 2.24) is 0 Å². The Bertz CT molecular complexity index is 1380. The minimum Gasteiger partial charge on any atom is -0.321 e. The Morgan fingerprint density at radius 1 is 1.09 bits per heavy atom. The zero-order valence-electron chi connectivity index (χ0n) is 19.0. The molecule has 35 heavy (non-hydrogen) atoms. The Morgan fingerprint density at radius 3 is 2.54 bits per heavy atom. The van der Waals surface area contributed by atoms with Crippen LogP contribution in [-0.2, 0) is 16.0 Å². The molecule has 0 spiro atoms. The Labute approximate surface area is 218 Å². The smallest absolute Gasteiger partial charge is 0.269 e. The molecule has 2 amide bonds. The lowest BCUT2D eigenvalue weighted by molar-refractivity contribution is -0.117. The van der Waals surface area contributed by atoms with E-state index in [4.69, 9.17) is 23.2 Å². The number of nitrogens with one attached hydrogen (secondary N) is 1. The molecule has 1 aliphatic rings. The van der Waals surface area contributed by atoms with Gasteiger partial charge in [0, 0.05) is 21.4 Å². The third-order valence-electron chi connectivity index (χ3n) is 5.79. The molecule has 8 heteroatoms. The molecule has 1 heterocycles. The van der Waals surface area contributed by atoms with Crippen molar-refractivity contribution in [1.29, 1.82) is 5.26 Å². The van der Waals surface area contributed by atoms with Gasteiger partial charge in [-0.1, -0.05) is 65.3 Å². The topological polar surface area (TPSA) is 73.2 Å². The highest BCUT2D eigenvalue weighted by atomic mass is 35.5. The summed E-state index contributed by atoms with van der Waals surface area (Å²) in [7, 11) is 0. The molecule has 0 saturated carbocycles. The third kappa shape index (κ3) is 5.23. The Kier molecular flexibility index (Phi) is 7.51. The summed E-state index contributed by atoms with van der Waals surface area (Å²) in [6.07, 6.45) is 0.299. The summed E-state index contributed by atoms with van der Waals surface area (Å²) in [6, 6.07) is 21.7. The molecule has 1 fully saturated rings. The van der Waals surface area contributed by atoms with Gasteiger partial charge in [-0.3, -0.25) is 14.5 Å². The fourth-order valence-electron chi connectivity index (χ4n) is 3.77. The second-order valence-electron chi connectivity index (χ2n) is 8.05. The molecule has 176 valence electrons. The number of benzene rings is 3. The molecule has 4 rings (SSSR count). The lowest BCUT2D eigenvalue weighted by Crippen LogP contribution is -2.31. The molecule has 3 aromatic carbocycles. The number of thioether (sulfide) groups is 1. The minimum atomic E-state index is -0.585. The average Bonchev–Trinajstić information content (AvgIpc) is 3.15. The highest BCUT2D eigenvalue weighted by Crippen LogP contribution is 2.42. The van der Waals surface area contributed by atoms with E-state index in [9.17, 15) is 14.9 Å². The normalized spacial score (nSPS) is 16.7. The molecule has 1 aliphatic heterocycles. The number of nitrogens with zero attached hydrogens (tertiary/aromatic N) is 2. The summed E-state index contributed by atoms with van der Waals surface area (Å²) >= 11 is 13.7. The first-order valence-electron chi connectivity index (χ1n) is 10.8. The maximum absolute atomic E-state index is 13.6. The summed E-state index contributed by atoms with van der Waals surface area (Å²) in [4.78, 5) is 28.3. The zero-order chi connectivity index (χ0) is 25.1. The van der Waals surface area contributed by atoms with Crippen LogP contribution in [0.4, 0.5) is 11.4 Å². The molecule has 1 N–H and O–H groups in total. The number of carbonyl (C=O) groups is 2. The lowest BCUT2D eigenvalue weighted by Gasteiger charge is -2.19. The third-order valence-corrected chi connectivity index (χ3v) is 7.65. The van der Waals surface area contributed by atoms with E-state index in [0.29, 0.717) is 27.8 Å². The summed E-state index contributed by atoms with van der Waals surface area (Å²) in [5.41, 5.74) is 3.71. The highest BCUT2D eigenvalue weighted by Gasteiger charge is 2.41. The average molecular weight is 522 g/mol. The highest BCUT2D eigenvalue weighted by molar-refractivity contribution is 8.05. The van der Waals surface area contributed by atoms with Crippen molar-refractivity contribution in [2.24, 2.45) is 0 Å². The van der Waals surface area contributed by atoms with Crippen LogP contribution in [0, 0.1) is 25.2 Å². The molecule has 3 aromatic rings. The van der Waals surface area contributed by atoms with E-state index in [1.165, 1.54) is 16.7 Å². The van der Waals surface area contributed by atoms with Gasteiger partial charge >= 0.3 is 0 Å². The first-order valence-corrected chi connectivity index (χ1v) is 12.4. The van der Waals surface area contributed by atoms with Crippen LogP contribution in [-0.4, -0.2) is 17.1 Å². The van der Waals surface area contributed by atoms with Gasteiger partial charge in [-0.15, -0.1) is 0 Å². The van der Waals surface area contributed by atoms with E-state index in [1.807, 2.05) is 38.1 Å². The second-order valence-corrected chi connectivity index (χ2v) is 10.1. The van der Waals surface area contributed by atoms with Gasteiger partial charge in [0.15, 0.2) is 0 Å². The predicted octanol–water partition coefficient (Wildman–Crippen LogP) is 6.68. The Balaban J connectivity index is 1.74. The van der Waals surface area contributed by atoms with Gasteiger partial charge in [-0.2, -0.15) is 5.26 Å². The van der Waals surface area contributed by atoms with Gasteiger partial charge in [0.25, 0.3) is 5.91 Å². The molecule has 1 atom stereocenters. The van der Waals surface area contributed by atoms with E-state index in [2.05, 4.69) is 5.32 Å². The minimum absolute atomic E-state index is 0.132. The van der Waals surface area contributed by atoms with E-state index in [-0.39, 0.29) is 16.5 Å². The van der Waals surface area contributed by atoms with E-state index in [0.717, 1.165) is 16.7 Å². The number of nitriles is 1. The van der Waals surface area contributed by atoms with Gasteiger partial charge in [0.05, 0.1) is 5.25 Å². The maximum atomic E-state index is 13.6. The van der Waals surface area contributed by atoms with Crippen LogP contribution in [0.2, 0.25) is 10.0 Å². The quantitative estimate of drug-likeness (QED) is 0.300. The first-order chi connectivity index (χ1) is 16.8. The molecular weight excluding hydrogens is 501 g/mol. The van der Waals surface area contributed by atoms with Crippen LogP contribution in [0.1, 0.15) is 16.7 Å². The molecular formula is C27H21Cl2N3O2S. The van der Waals surface area contributed by atoms with Crippen molar-refractivity contribution >= 4 is 58.2 Å². The largest absolute Gasteiger partial charge is 0.321 e. The first kappa shape index (κ1) is 24.9. The summed E-state index contributed by atoms with van der Waals surface area (Å²) < 4.78 is 0. The van der Waals surface area contributed by atoms with E-state index in [1.54, 1.807) is 48.5 Å². The Hall–Kier alpha value is -3.24. The molecule has 0 aliphatic carbocycles. The van der Waals surface area contributed by atoms with Crippen molar-refractivity contribution < 1.29 is 9.59 Å². The predicted molar refractivity (Wildman–Crippen MR) is 143 cm³/mol. The fraction of sp³-hybridized carbons (Fsp3) is 0.148. The van der Waals surface area contributed by atoms with Crippen molar-refractivity contribution in [2.45, 2.75) is 25.5 Å². The number of amides is 2. The molecule has 0 unspecified atom stereocenters. The summed E-state index contributed by atoms with van der Waals surface area (Å²) in [5, 5.41) is 13.6.